The largest absolute Gasteiger partial charge is 0.298 e. The lowest BCUT2D eigenvalue weighted by Crippen LogP contribution is -2.21. The molecule has 1 aromatic carbocycles. The zero-order valence-electron chi connectivity index (χ0n) is 12.9. The highest BCUT2D eigenvalue weighted by atomic mass is 32.2. The third-order valence-electron chi connectivity index (χ3n) is 4.24. The molecule has 3 nitrogen and oxygen atoms in total. The molecule has 1 fully saturated rings. The van der Waals surface area contributed by atoms with Gasteiger partial charge in [-0.2, -0.15) is 0 Å². The lowest BCUT2D eigenvalue weighted by Gasteiger charge is -2.19. The van der Waals surface area contributed by atoms with E-state index in [9.17, 15) is 9.18 Å². The fourth-order valence-corrected chi connectivity index (χ4v) is 5.21. The monoisotopic (exact) mass is 358 g/mol. The van der Waals surface area contributed by atoms with E-state index in [0.717, 1.165) is 45.6 Å². The average molecular weight is 358 g/mol. The smallest absolute Gasteiger partial charge is 0.146 e. The Morgan fingerprint density at radius 3 is 2.79 bits per heavy atom. The first-order valence-corrected chi connectivity index (χ1v) is 9.66. The molecule has 24 heavy (non-hydrogen) atoms. The van der Waals surface area contributed by atoms with Crippen LogP contribution < -0.4 is 0 Å². The molecule has 6 heteroatoms. The van der Waals surface area contributed by atoms with Crippen molar-refractivity contribution in [2.24, 2.45) is 0 Å². The molecule has 0 saturated heterocycles. The molecule has 0 amide bonds. The highest BCUT2D eigenvalue weighted by Gasteiger charge is 2.25. The number of thiophene rings is 1. The number of aromatic nitrogens is 2. The van der Waals surface area contributed by atoms with Crippen molar-refractivity contribution in [2.45, 2.75) is 36.0 Å². The van der Waals surface area contributed by atoms with Gasteiger partial charge in [-0.15, -0.1) is 11.3 Å². The molecule has 1 unspecified atom stereocenters. The molecule has 122 valence electrons. The second-order valence-electron chi connectivity index (χ2n) is 5.83. The van der Waals surface area contributed by atoms with Crippen LogP contribution >= 0.6 is 23.1 Å². The van der Waals surface area contributed by atoms with Crippen LogP contribution in [-0.2, 0) is 4.79 Å². The Kier molecular flexibility index (Phi) is 4.33. The van der Waals surface area contributed by atoms with Crippen molar-refractivity contribution in [3.63, 3.8) is 0 Å². The van der Waals surface area contributed by atoms with E-state index in [1.54, 1.807) is 41.6 Å². The predicted molar refractivity (Wildman–Crippen MR) is 95.9 cm³/mol. The van der Waals surface area contributed by atoms with E-state index in [1.807, 2.05) is 5.38 Å². The first-order valence-electron chi connectivity index (χ1n) is 7.90. The third kappa shape index (κ3) is 2.96. The summed E-state index contributed by atoms with van der Waals surface area (Å²) in [4.78, 5) is 21.9. The number of ketones is 1. The Labute approximate surface area is 147 Å². The summed E-state index contributed by atoms with van der Waals surface area (Å²) in [6, 6.07) is 6.45. The van der Waals surface area contributed by atoms with Gasteiger partial charge < -0.3 is 0 Å². The number of fused-ring (bicyclic) bond motifs is 1. The topological polar surface area (TPSA) is 42.9 Å². The van der Waals surface area contributed by atoms with Crippen LogP contribution in [0.3, 0.4) is 0 Å². The van der Waals surface area contributed by atoms with Crippen molar-refractivity contribution in [3.8, 4) is 11.1 Å². The van der Waals surface area contributed by atoms with Crippen LogP contribution in [0.5, 0.6) is 0 Å². The molecule has 0 N–H and O–H groups in total. The Morgan fingerprint density at radius 1 is 1.17 bits per heavy atom. The van der Waals surface area contributed by atoms with Crippen molar-refractivity contribution in [2.75, 3.05) is 0 Å². The minimum Gasteiger partial charge on any atom is -0.298 e. The summed E-state index contributed by atoms with van der Waals surface area (Å²) in [6.45, 7) is 0. The number of halogens is 1. The molecular formula is C18H15FN2OS2. The van der Waals surface area contributed by atoms with E-state index in [4.69, 9.17) is 0 Å². The van der Waals surface area contributed by atoms with E-state index in [0.29, 0.717) is 12.2 Å². The maximum absolute atomic E-state index is 13.2. The van der Waals surface area contributed by atoms with Gasteiger partial charge in [0, 0.05) is 17.4 Å². The SMILES string of the molecule is O=C1CCCCC1Sc1ncnc2scc(-c3ccc(F)cc3)c12. The second kappa shape index (κ2) is 6.61. The van der Waals surface area contributed by atoms with Crippen LogP contribution in [0, 0.1) is 5.82 Å². The second-order valence-corrected chi connectivity index (χ2v) is 7.88. The van der Waals surface area contributed by atoms with Crippen LogP contribution in [0.25, 0.3) is 21.3 Å². The number of hydrogen-bond donors (Lipinski definition) is 0. The minimum absolute atomic E-state index is 0.0159. The van der Waals surface area contributed by atoms with Crippen LogP contribution in [0.4, 0.5) is 4.39 Å². The van der Waals surface area contributed by atoms with Crippen molar-refractivity contribution in [1.82, 2.24) is 9.97 Å². The quantitative estimate of drug-likeness (QED) is 0.611. The molecular weight excluding hydrogens is 343 g/mol. The maximum Gasteiger partial charge on any atom is 0.146 e. The molecule has 2 aromatic heterocycles. The molecule has 2 heterocycles. The number of rotatable bonds is 3. The lowest BCUT2D eigenvalue weighted by atomic mass is 9.99. The Balaban J connectivity index is 1.77. The molecule has 1 saturated carbocycles. The van der Waals surface area contributed by atoms with Crippen molar-refractivity contribution in [1.29, 1.82) is 0 Å². The molecule has 1 atom stereocenters. The van der Waals surface area contributed by atoms with Crippen molar-refractivity contribution in [3.05, 3.63) is 41.8 Å². The molecule has 0 bridgehead atoms. The molecule has 0 radical (unpaired) electrons. The Hall–Kier alpha value is -1.79. The number of thioether (sulfide) groups is 1. The fourth-order valence-electron chi connectivity index (χ4n) is 2.99. The zero-order chi connectivity index (χ0) is 16.5. The van der Waals surface area contributed by atoms with E-state index in [2.05, 4.69) is 9.97 Å². The molecule has 0 spiro atoms. The fraction of sp³-hybridized carbons (Fsp3) is 0.278. The molecule has 3 aromatic rings. The lowest BCUT2D eigenvalue weighted by molar-refractivity contribution is -0.119. The van der Waals surface area contributed by atoms with Gasteiger partial charge in [0.15, 0.2) is 0 Å². The van der Waals surface area contributed by atoms with E-state index < -0.39 is 0 Å². The number of benzene rings is 1. The highest BCUT2D eigenvalue weighted by Crippen LogP contribution is 2.40. The first-order chi connectivity index (χ1) is 11.7. The van der Waals surface area contributed by atoms with Crippen LogP contribution in [0.15, 0.2) is 41.0 Å². The Bertz CT molecular complexity index is 892. The summed E-state index contributed by atoms with van der Waals surface area (Å²) in [6.07, 6.45) is 5.22. The predicted octanol–water partition coefficient (Wildman–Crippen LogP) is 5.10. The summed E-state index contributed by atoms with van der Waals surface area (Å²) in [7, 11) is 0. The van der Waals surface area contributed by atoms with Crippen LogP contribution in [0.2, 0.25) is 0 Å². The summed E-state index contributed by atoms with van der Waals surface area (Å²) in [5.41, 5.74) is 1.94. The van der Waals surface area contributed by atoms with E-state index in [-0.39, 0.29) is 11.1 Å². The number of nitrogens with zero attached hydrogens (tertiary/aromatic N) is 2. The van der Waals surface area contributed by atoms with Gasteiger partial charge in [0.1, 0.15) is 27.8 Å². The van der Waals surface area contributed by atoms with Gasteiger partial charge >= 0.3 is 0 Å². The number of carbonyl (C=O) groups is 1. The zero-order valence-corrected chi connectivity index (χ0v) is 14.5. The van der Waals surface area contributed by atoms with Crippen LogP contribution in [-0.4, -0.2) is 21.0 Å². The minimum atomic E-state index is -0.253. The number of hydrogen-bond acceptors (Lipinski definition) is 5. The third-order valence-corrected chi connectivity index (χ3v) is 6.45. The van der Waals surface area contributed by atoms with Gasteiger partial charge in [-0.05, 0) is 30.5 Å². The maximum atomic E-state index is 13.2. The summed E-state index contributed by atoms with van der Waals surface area (Å²) in [5.74, 6) is 0.0634. The Morgan fingerprint density at radius 2 is 2.00 bits per heavy atom. The molecule has 0 aliphatic heterocycles. The normalized spacial score (nSPS) is 18.2. The summed E-state index contributed by atoms with van der Waals surface area (Å²) < 4.78 is 13.2. The van der Waals surface area contributed by atoms with Gasteiger partial charge in [0.2, 0.25) is 0 Å². The number of Topliss-reactive ketones (excluding diaryl/α,β-unsaturated/α-hetero) is 1. The summed E-state index contributed by atoms with van der Waals surface area (Å²) >= 11 is 3.10. The van der Waals surface area contributed by atoms with Crippen molar-refractivity contribution < 1.29 is 9.18 Å². The number of carbonyl (C=O) groups excluding carboxylic acids is 1. The van der Waals surface area contributed by atoms with E-state index >= 15 is 0 Å². The average Bonchev–Trinajstić information content (AvgIpc) is 3.03. The first kappa shape index (κ1) is 15.7. The van der Waals surface area contributed by atoms with Gasteiger partial charge in [-0.1, -0.05) is 30.3 Å². The van der Waals surface area contributed by atoms with Gasteiger partial charge in [0.25, 0.3) is 0 Å². The highest BCUT2D eigenvalue weighted by molar-refractivity contribution is 8.00. The van der Waals surface area contributed by atoms with E-state index in [1.165, 1.54) is 12.1 Å². The summed E-state index contributed by atoms with van der Waals surface area (Å²) in [5, 5.41) is 3.83. The molecule has 1 aliphatic rings. The van der Waals surface area contributed by atoms with Gasteiger partial charge in [-0.25, -0.2) is 14.4 Å². The van der Waals surface area contributed by atoms with Gasteiger partial charge in [-0.3, -0.25) is 4.79 Å². The standard InChI is InChI=1S/C18H15FN2OS2/c19-12-7-5-11(6-8-12)13-9-23-17-16(13)18(21-10-20-17)24-15-4-2-1-3-14(15)22/h5-10,15H,1-4H2. The molecule has 1 aliphatic carbocycles. The van der Waals surface area contributed by atoms with Gasteiger partial charge in [0.05, 0.1) is 10.6 Å². The van der Waals surface area contributed by atoms with Crippen molar-refractivity contribution >= 4 is 39.1 Å². The van der Waals surface area contributed by atoms with Crippen LogP contribution in [0.1, 0.15) is 25.7 Å². The molecule has 4 rings (SSSR count).